The van der Waals surface area contributed by atoms with Crippen molar-refractivity contribution in [1.82, 2.24) is 10.1 Å². The van der Waals surface area contributed by atoms with Gasteiger partial charge in [0.05, 0.1) is 13.1 Å². The Morgan fingerprint density at radius 1 is 1.03 bits per heavy atom. The number of anilines is 3. The molecular formula is C22H21N5O4. The van der Waals surface area contributed by atoms with E-state index in [4.69, 9.17) is 9.26 Å². The van der Waals surface area contributed by atoms with Gasteiger partial charge in [-0.15, -0.1) is 0 Å². The fraction of sp³-hybridized carbons (Fsp3) is 0.273. The van der Waals surface area contributed by atoms with E-state index >= 15 is 0 Å². The van der Waals surface area contributed by atoms with Crippen LogP contribution in [0, 0.1) is 0 Å². The Labute approximate surface area is 178 Å². The van der Waals surface area contributed by atoms with Gasteiger partial charge in [-0.05, 0) is 36.2 Å². The smallest absolute Gasteiger partial charge is 0.414 e. The summed E-state index contributed by atoms with van der Waals surface area (Å²) in [7, 11) is 0. The number of carbonyl (C=O) groups is 2. The maximum Gasteiger partial charge on any atom is 0.414 e. The van der Waals surface area contributed by atoms with E-state index in [9.17, 15) is 9.59 Å². The Morgan fingerprint density at radius 2 is 1.87 bits per heavy atom. The average molecular weight is 419 g/mol. The number of benzene rings is 1. The number of aromatic nitrogens is 2. The molecule has 0 bridgehead atoms. The van der Waals surface area contributed by atoms with Crippen molar-refractivity contribution in [2.75, 3.05) is 34.8 Å². The van der Waals surface area contributed by atoms with Gasteiger partial charge in [0.15, 0.2) is 5.82 Å². The van der Waals surface area contributed by atoms with Gasteiger partial charge < -0.3 is 14.6 Å². The molecule has 0 radical (unpaired) electrons. The zero-order chi connectivity index (χ0) is 21.2. The number of rotatable bonds is 6. The molecule has 5 rings (SSSR count). The summed E-state index contributed by atoms with van der Waals surface area (Å²) in [6, 6.07) is 13.2. The summed E-state index contributed by atoms with van der Waals surface area (Å²) in [5, 5.41) is 6.86. The minimum Gasteiger partial charge on any atom is -0.442 e. The number of pyridine rings is 1. The van der Waals surface area contributed by atoms with Crippen LogP contribution in [0.2, 0.25) is 0 Å². The van der Waals surface area contributed by atoms with Crippen molar-refractivity contribution in [1.29, 1.82) is 0 Å². The number of nitrogens with one attached hydrogen (secondary N) is 1. The Morgan fingerprint density at radius 3 is 2.55 bits per heavy atom. The highest BCUT2D eigenvalue weighted by Crippen LogP contribution is 2.27. The number of cyclic esters (lactones) is 1. The zero-order valence-electron chi connectivity index (χ0n) is 16.7. The topological polar surface area (TPSA) is 101 Å². The van der Waals surface area contributed by atoms with Gasteiger partial charge in [-0.2, -0.15) is 0 Å². The van der Waals surface area contributed by atoms with Crippen LogP contribution < -0.4 is 15.1 Å². The van der Waals surface area contributed by atoms with E-state index in [1.54, 1.807) is 22.1 Å². The van der Waals surface area contributed by atoms with E-state index < -0.39 is 0 Å². The number of ether oxygens (including phenoxy) is 1. The molecule has 0 spiro atoms. The molecule has 2 amide bonds. The summed E-state index contributed by atoms with van der Waals surface area (Å²) in [6.07, 6.45) is 4.05. The average Bonchev–Trinajstić information content (AvgIpc) is 3.54. The summed E-state index contributed by atoms with van der Waals surface area (Å²) in [5.41, 5.74) is 2.69. The van der Waals surface area contributed by atoms with E-state index in [2.05, 4.69) is 15.5 Å². The second-order valence-electron chi connectivity index (χ2n) is 7.48. The number of amides is 2. The van der Waals surface area contributed by atoms with Gasteiger partial charge in [0.1, 0.15) is 18.2 Å². The van der Waals surface area contributed by atoms with Gasteiger partial charge in [0.2, 0.25) is 5.91 Å². The minimum absolute atomic E-state index is 0.122. The first-order chi connectivity index (χ1) is 15.2. The number of hydrogen-bond donors (Lipinski definition) is 1. The van der Waals surface area contributed by atoms with E-state index in [0.29, 0.717) is 31.1 Å². The largest absolute Gasteiger partial charge is 0.442 e. The quantitative estimate of drug-likeness (QED) is 0.654. The third kappa shape index (κ3) is 3.94. The van der Waals surface area contributed by atoms with Crippen LogP contribution in [0.3, 0.4) is 0 Å². The van der Waals surface area contributed by atoms with Crippen LogP contribution in [0.1, 0.15) is 12.8 Å². The molecule has 1 atom stereocenters. The number of carbonyl (C=O) groups excluding carboxylic acids is 2. The van der Waals surface area contributed by atoms with E-state index in [1.807, 2.05) is 36.4 Å². The van der Waals surface area contributed by atoms with Gasteiger partial charge in [-0.25, -0.2) is 9.78 Å². The van der Waals surface area contributed by atoms with Gasteiger partial charge in [-0.1, -0.05) is 17.3 Å². The van der Waals surface area contributed by atoms with Gasteiger partial charge in [0.25, 0.3) is 0 Å². The fourth-order valence-electron chi connectivity index (χ4n) is 3.80. The first kappa shape index (κ1) is 19.1. The summed E-state index contributed by atoms with van der Waals surface area (Å²) in [4.78, 5) is 32.0. The lowest BCUT2D eigenvalue weighted by molar-refractivity contribution is -0.117. The van der Waals surface area contributed by atoms with Crippen molar-refractivity contribution in [3.63, 3.8) is 0 Å². The molecule has 3 aromatic rings. The van der Waals surface area contributed by atoms with E-state index in [-0.39, 0.29) is 18.1 Å². The molecule has 1 aromatic carbocycles. The van der Waals surface area contributed by atoms with E-state index in [1.165, 1.54) is 6.26 Å². The van der Waals surface area contributed by atoms with Gasteiger partial charge >= 0.3 is 6.09 Å². The van der Waals surface area contributed by atoms with Crippen LogP contribution in [0.15, 0.2) is 59.4 Å². The lowest BCUT2D eigenvalue weighted by Crippen LogP contribution is -2.27. The molecule has 2 aliphatic rings. The summed E-state index contributed by atoms with van der Waals surface area (Å²) >= 11 is 0. The molecule has 0 saturated carbocycles. The van der Waals surface area contributed by atoms with Crippen LogP contribution >= 0.6 is 0 Å². The molecule has 0 aliphatic carbocycles. The predicted molar refractivity (Wildman–Crippen MR) is 114 cm³/mol. The predicted octanol–water partition coefficient (Wildman–Crippen LogP) is 3.30. The van der Waals surface area contributed by atoms with Crippen LogP contribution in [0.25, 0.3) is 11.1 Å². The highest BCUT2D eigenvalue weighted by atomic mass is 16.6. The molecule has 4 heterocycles. The van der Waals surface area contributed by atoms with Crippen LogP contribution in [-0.4, -0.2) is 47.9 Å². The van der Waals surface area contributed by atoms with Crippen LogP contribution in [0.4, 0.5) is 22.1 Å². The van der Waals surface area contributed by atoms with E-state index in [0.717, 1.165) is 29.8 Å². The zero-order valence-corrected chi connectivity index (χ0v) is 16.7. The Hall–Kier alpha value is -3.88. The second-order valence-corrected chi connectivity index (χ2v) is 7.48. The van der Waals surface area contributed by atoms with Gasteiger partial charge in [0, 0.05) is 36.5 Å². The fourth-order valence-corrected chi connectivity index (χ4v) is 3.80. The maximum atomic E-state index is 12.3. The second kappa shape index (κ2) is 8.10. The molecule has 2 saturated heterocycles. The molecular weight excluding hydrogens is 398 g/mol. The molecule has 31 heavy (non-hydrogen) atoms. The SMILES string of the molecule is O=C1O[C@@H](CNc2ccon2)CN1c1ccc(-c2ccc(N3CCCC3=O)nc2)cc1. The van der Waals surface area contributed by atoms with Crippen molar-refractivity contribution < 1.29 is 18.8 Å². The van der Waals surface area contributed by atoms with Crippen molar-refractivity contribution in [2.24, 2.45) is 0 Å². The minimum atomic E-state index is -0.374. The first-order valence-corrected chi connectivity index (χ1v) is 10.2. The Balaban J connectivity index is 1.23. The molecule has 2 fully saturated rings. The van der Waals surface area contributed by atoms with Crippen LogP contribution in [0.5, 0.6) is 0 Å². The number of nitrogens with zero attached hydrogens (tertiary/aromatic N) is 4. The molecule has 0 unspecified atom stereocenters. The first-order valence-electron chi connectivity index (χ1n) is 10.2. The normalized spacial score (nSPS) is 18.5. The Kier molecular flexibility index (Phi) is 4.99. The molecule has 1 N–H and O–H groups in total. The maximum absolute atomic E-state index is 12.3. The Bertz CT molecular complexity index is 1070. The highest BCUT2D eigenvalue weighted by Gasteiger charge is 2.32. The third-order valence-corrected chi connectivity index (χ3v) is 5.43. The lowest BCUT2D eigenvalue weighted by atomic mass is 10.1. The summed E-state index contributed by atoms with van der Waals surface area (Å²) in [6.45, 7) is 1.62. The van der Waals surface area contributed by atoms with Crippen molar-refractivity contribution >= 4 is 29.3 Å². The molecule has 158 valence electrons. The van der Waals surface area contributed by atoms with Gasteiger partial charge in [-0.3, -0.25) is 14.6 Å². The standard InChI is InChI=1S/C22H21N5O4/c28-21-2-1-10-26(21)20-8-5-16(12-24-20)15-3-6-17(7-4-15)27-14-18(31-22(27)29)13-23-19-9-11-30-25-19/h3-9,11-12,18H,1-2,10,13-14H2,(H,23,25)/t18-/m0/s1. The molecule has 2 aromatic heterocycles. The van der Waals surface area contributed by atoms with Crippen molar-refractivity contribution in [3.8, 4) is 11.1 Å². The summed E-state index contributed by atoms with van der Waals surface area (Å²) < 4.78 is 10.2. The lowest BCUT2D eigenvalue weighted by Gasteiger charge is -2.15. The molecule has 9 heteroatoms. The summed E-state index contributed by atoms with van der Waals surface area (Å²) in [5.74, 6) is 1.41. The highest BCUT2D eigenvalue weighted by molar-refractivity contribution is 5.94. The van der Waals surface area contributed by atoms with Crippen molar-refractivity contribution in [2.45, 2.75) is 18.9 Å². The number of hydrogen-bond acceptors (Lipinski definition) is 7. The van der Waals surface area contributed by atoms with Crippen molar-refractivity contribution in [3.05, 3.63) is 54.9 Å². The van der Waals surface area contributed by atoms with Crippen LogP contribution in [-0.2, 0) is 9.53 Å². The monoisotopic (exact) mass is 419 g/mol. The molecule has 2 aliphatic heterocycles. The third-order valence-electron chi connectivity index (χ3n) is 5.43. The molecule has 9 nitrogen and oxygen atoms in total.